The third-order valence-electron chi connectivity index (χ3n) is 6.75. The van der Waals surface area contributed by atoms with E-state index in [1.807, 2.05) is 26.8 Å². The highest BCUT2D eigenvalue weighted by Crippen LogP contribution is 2.50. The highest BCUT2D eigenvalue weighted by atomic mass is 32.2. The van der Waals surface area contributed by atoms with E-state index in [4.69, 9.17) is 4.99 Å². The second kappa shape index (κ2) is 8.93. The number of carbonyl (C=O) groups excluding carboxylic acids is 1. The van der Waals surface area contributed by atoms with E-state index in [9.17, 15) is 18.0 Å². The van der Waals surface area contributed by atoms with Crippen molar-refractivity contribution in [3.8, 4) is 0 Å². The van der Waals surface area contributed by atoms with Gasteiger partial charge in [-0.2, -0.15) is 13.2 Å². The van der Waals surface area contributed by atoms with Crippen LogP contribution in [0.2, 0.25) is 0 Å². The van der Waals surface area contributed by atoms with Gasteiger partial charge in [-0.05, 0) is 50.5 Å². The van der Waals surface area contributed by atoms with Crippen LogP contribution in [0.3, 0.4) is 0 Å². The van der Waals surface area contributed by atoms with Gasteiger partial charge in [0.2, 0.25) is 5.91 Å². The monoisotopic (exact) mass is 440 g/mol. The van der Waals surface area contributed by atoms with Gasteiger partial charge in [-0.25, -0.2) is 0 Å². The Labute approximate surface area is 181 Å². The number of hydrogen-bond donors (Lipinski definition) is 1. The Morgan fingerprint density at radius 1 is 1.17 bits per heavy atom. The number of carbonyl (C=O) groups is 1. The maximum atomic E-state index is 14.1. The number of rotatable bonds is 4. The van der Waals surface area contributed by atoms with Gasteiger partial charge >= 0.3 is 6.18 Å². The van der Waals surface area contributed by atoms with E-state index in [1.165, 1.54) is 11.8 Å². The molecule has 30 heavy (non-hydrogen) atoms. The molecule has 0 aromatic heterocycles. The van der Waals surface area contributed by atoms with Crippen molar-refractivity contribution >= 4 is 22.8 Å². The molecule has 1 aromatic rings. The summed E-state index contributed by atoms with van der Waals surface area (Å²) in [4.78, 5) is 17.1. The molecule has 1 aromatic carbocycles. The molecule has 7 heteroatoms. The molecular weight excluding hydrogens is 409 g/mol. The van der Waals surface area contributed by atoms with Crippen molar-refractivity contribution in [2.24, 2.45) is 16.3 Å². The van der Waals surface area contributed by atoms with Gasteiger partial charge in [0.15, 0.2) is 5.17 Å². The number of amides is 1. The van der Waals surface area contributed by atoms with Gasteiger partial charge in [-0.15, -0.1) is 0 Å². The van der Waals surface area contributed by atoms with Gasteiger partial charge in [-0.1, -0.05) is 68.8 Å². The topological polar surface area (TPSA) is 41.5 Å². The molecule has 0 spiro atoms. The second-order valence-electron chi connectivity index (χ2n) is 9.13. The summed E-state index contributed by atoms with van der Waals surface area (Å²) in [6, 6.07) is 8.96. The zero-order chi connectivity index (χ0) is 22.0. The van der Waals surface area contributed by atoms with Crippen LogP contribution in [0.15, 0.2) is 35.3 Å². The molecule has 1 N–H and O–H groups in total. The van der Waals surface area contributed by atoms with Crippen molar-refractivity contribution in [3.63, 3.8) is 0 Å². The van der Waals surface area contributed by atoms with Crippen molar-refractivity contribution in [2.75, 3.05) is 0 Å². The van der Waals surface area contributed by atoms with Crippen LogP contribution in [0.5, 0.6) is 0 Å². The van der Waals surface area contributed by atoms with Crippen LogP contribution >= 0.6 is 11.8 Å². The zero-order valence-corrected chi connectivity index (χ0v) is 18.7. The van der Waals surface area contributed by atoms with Crippen LogP contribution in [0.25, 0.3) is 0 Å². The number of aliphatic imine (C=N–C) groups is 1. The summed E-state index contributed by atoms with van der Waals surface area (Å²) in [6.07, 6.45) is -1.76. The van der Waals surface area contributed by atoms with Gasteiger partial charge in [-0.3, -0.25) is 9.79 Å². The van der Waals surface area contributed by atoms with Crippen LogP contribution in [0.4, 0.5) is 13.2 Å². The number of nitrogens with zero attached hydrogens (tertiary/aromatic N) is 1. The molecule has 3 nitrogen and oxygen atoms in total. The fourth-order valence-corrected chi connectivity index (χ4v) is 5.52. The molecule has 1 saturated carbocycles. The van der Waals surface area contributed by atoms with Crippen molar-refractivity contribution < 1.29 is 18.0 Å². The highest BCUT2D eigenvalue weighted by Gasteiger charge is 2.53. The molecule has 3 rings (SSSR count). The Morgan fingerprint density at radius 2 is 1.77 bits per heavy atom. The van der Waals surface area contributed by atoms with Gasteiger partial charge in [0.1, 0.15) is 4.75 Å². The Morgan fingerprint density at radius 3 is 2.27 bits per heavy atom. The Bertz CT molecular complexity index is 768. The molecule has 0 bridgehead atoms. The molecule has 2 fully saturated rings. The van der Waals surface area contributed by atoms with Crippen molar-refractivity contribution in [1.29, 1.82) is 0 Å². The number of amidine groups is 1. The number of benzene rings is 1. The van der Waals surface area contributed by atoms with E-state index in [-0.39, 0.29) is 37.1 Å². The van der Waals surface area contributed by atoms with Crippen LogP contribution in [0, 0.1) is 11.3 Å². The first kappa shape index (κ1) is 23.2. The predicted molar refractivity (Wildman–Crippen MR) is 117 cm³/mol. The Hall–Kier alpha value is -1.50. The van der Waals surface area contributed by atoms with Gasteiger partial charge in [0.05, 0.1) is 11.5 Å². The molecule has 1 aliphatic carbocycles. The van der Waals surface area contributed by atoms with Gasteiger partial charge in [0, 0.05) is 0 Å². The number of halogens is 3. The quantitative estimate of drug-likeness (QED) is 0.611. The normalized spacial score (nSPS) is 32.2. The minimum atomic E-state index is -4.23. The average molecular weight is 441 g/mol. The highest BCUT2D eigenvalue weighted by molar-refractivity contribution is 8.16. The summed E-state index contributed by atoms with van der Waals surface area (Å²) in [5, 5.41) is 3.49. The second-order valence-corrected chi connectivity index (χ2v) is 10.6. The summed E-state index contributed by atoms with van der Waals surface area (Å²) in [5.74, 6) is 0.129. The third kappa shape index (κ3) is 4.87. The molecule has 166 valence electrons. The molecule has 1 unspecified atom stereocenters. The third-order valence-corrected chi connectivity index (χ3v) is 8.24. The minimum absolute atomic E-state index is 0.0361. The minimum Gasteiger partial charge on any atom is -0.304 e. The first-order valence-corrected chi connectivity index (χ1v) is 11.6. The fourth-order valence-electron chi connectivity index (χ4n) is 4.40. The molecule has 1 atom stereocenters. The van der Waals surface area contributed by atoms with E-state index in [0.29, 0.717) is 30.9 Å². The molecule has 1 aliphatic heterocycles. The Balaban J connectivity index is 1.69. The first-order chi connectivity index (χ1) is 14.1. The molecule has 0 radical (unpaired) electrons. The zero-order valence-electron chi connectivity index (χ0n) is 17.9. The summed E-state index contributed by atoms with van der Waals surface area (Å²) in [7, 11) is 0. The maximum absolute atomic E-state index is 14.1. The van der Waals surface area contributed by atoms with E-state index >= 15 is 0 Å². The number of alkyl halides is 3. The lowest BCUT2D eigenvalue weighted by atomic mass is 9.71. The maximum Gasteiger partial charge on any atom is 0.394 e. The van der Waals surface area contributed by atoms with E-state index in [2.05, 4.69) is 5.32 Å². The number of nitrogens with one attached hydrogen (secondary N) is 1. The van der Waals surface area contributed by atoms with E-state index in [0.717, 1.165) is 5.56 Å². The smallest absolute Gasteiger partial charge is 0.304 e. The molecular formula is C23H31F3N2OS. The lowest BCUT2D eigenvalue weighted by Crippen LogP contribution is -2.41. The van der Waals surface area contributed by atoms with Crippen molar-refractivity contribution in [3.05, 3.63) is 35.9 Å². The fraction of sp³-hybridized carbons (Fsp3) is 0.652. The molecule has 1 heterocycles. The standard InChI is InChI=1S/C23H31F3N2OS/c1-16(2)21(3)19(29)28-20(30-21)27-18-11-7-13-22(14-8-12-18,23(24,25)26)15-17-9-5-4-6-10-17/h4-6,9-10,16,18H,7-8,11-15H2,1-3H3,(H,27,28,29). The van der Waals surface area contributed by atoms with Crippen molar-refractivity contribution in [2.45, 2.75) is 82.7 Å². The number of hydrogen-bond acceptors (Lipinski definition) is 3. The predicted octanol–water partition coefficient (Wildman–Crippen LogP) is 6.13. The SMILES string of the molecule is CC(C)C1(C)SC(=NC2CCCC(Cc3ccccc3)(C(F)(F)F)CCC2)NC1=O. The van der Waals surface area contributed by atoms with Crippen LogP contribution < -0.4 is 5.32 Å². The molecule has 2 aliphatic rings. The lowest BCUT2D eigenvalue weighted by Gasteiger charge is -2.38. The van der Waals surface area contributed by atoms with E-state index < -0.39 is 16.3 Å². The summed E-state index contributed by atoms with van der Waals surface area (Å²) < 4.78 is 41.9. The lowest BCUT2D eigenvalue weighted by molar-refractivity contribution is -0.231. The van der Waals surface area contributed by atoms with Crippen LogP contribution in [-0.4, -0.2) is 28.0 Å². The largest absolute Gasteiger partial charge is 0.394 e. The first-order valence-electron chi connectivity index (χ1n) is 10.7. The van der Waals surface area contributed by atoms with Gasteiger partial charge in [0.25, 0.3) is 0 Å². The number of thioether (sulfide) groups is 1. The summed E-state index contributed by atoms with van der Waals surface area (Å²) in [6.45, 7) is 5.93. The summed E-state index contributed by atoms with van der Waals surface area (Å²) >= 11 is 1.45. The Kier molecular flexibility index (Phi) is 6.90. The average Bonchev–Trinajstić information content (AvgIpc) is 2.94. The van der Waals surface area contributed by atoms with Crippen molar-refractivity contribution in [1.82, 2.24) is 5.32 Å². The summed E-state index contributed by atoms with van der Waals surface area (Å²) in [5.41, 5.74) is -0.927. The van der Waals surface area contributed by atoms with E-state index in [1.54, 1.807) is 24.3 Å². The molecule has 1 saturated heterocycles. The van der Waals surface area contributed by atoms with Crippen LogP contribution in [-0.2, 0) is 11.2 Å². The van der Waals surface area contributed by atoms with Crippen LogP contribution in [0.1, 0.15) is 64.9 Å². The molecule has 1 amide bonds. The van der Waals surface area contributed by atoms with Gasteiger partial charge < -0.3 is 5.32 Å².